The van der Waals surface area contributed by atoms with Crippen LogP contribution < -0.4 is 5.32 Å². The SMILES string of the molecule is Cc1cccc(C(=O)NC2CCN(C(=O)c3ccc(C(F)(F)F)cc3)CC2)c1. The molecule has 148 valence electrons. The lowest BCUT2D eigenvalue weighted by molar-refractivity contribution is -0.137. The Morgan fingerprint density at radius 1 is 1.00 bits per heavy atom. The average molecular weight is 390 g/mol. The molecule has 0 radical (unpaired) electrons. The topological polar surface area (TPSA) is 49.4 Å². The first kappa shape index (κ1) is 19.9. The van der Waals surface area contributed by atoms with E-state index < -0.39 is 11.7 Å². The molecule has 2 aromatic rings. The molecule has 1 aliphatic rings. The van der Waals surface area contributed by atoms with E-state index in [4.69, 9.17) is 0 Å². The van der Waals surface area contributed by atoms with Crippen LogP contribution in [0.4, 0.5) is 13.2 Å². The second kappa shape index (κ2) is 8.04. The van der Waals surface area contributed by atoms with E-state index in [2.05, 4.69) is 5.32 Å². The van der Waals surface area contributed by atoms with Crippen LogP contribution in [0.2, 0.25) is 0 Å². The first-order chi connectivity index (χ1) is 13.2. The van der Waals surface area contributed by atoms with Gasteiger partial charge < -0.3 is 10.2 Å². The van der Waals surface area contributed by atoms with Gasteiger partial charge in [0.15, 0.2) is 0 Å². The van der Waals surface area contributed by atoms with Gasteiger partial charge in [0, 0.05) is 30.3 Å². The van der Waals surface area contributed by atoms with Crippen molar-refractivity contribution in [2.75, 3.05) is 13.1 Å². The standard InChI is InChI=1S/C21H21F3N2O2/c1-14-3-2-4-16(13-14)19(27)25-18-9-11-26(12-10-18)20(28)15-5-7-17(8-6-15)21(22,23)24/h2-8,13,18H,9-12H2,1H3,(H,25,27). The Hall–Kier alpha value is -2.83. The molecule has 1 N–H and O–H groups in total. The van der Waals surface area contributed by atoms with Crippen LogP contribution in [0.5, 0.6) is 0 Å². The molecule has 1 heterocycles. The van der Waals surface area contributed by atoms with Gasteiger partial charge in [-0.25, -0.2) is 0 Å². The average Bonchev–Trinajstić information content (AvgIpc) is 2.67. The van der Waals surface area contributed by atoms with Crippen LogP contribution in [0.3, 0.4) is 0 Å². The number of aryl methyl sites for hydroxylation is 1. The zero-order valence-electron chi connectivity index (χ0n) is 15.4. The summed E-state index contributed by atoms with van der Waals surface area (Å²) in [6.45, 7) is 2.80. The van der Waals surface area contributed by atoms with Gasteiger partial charge in [0.05, 0.1) is 5.56 Å². The van der Waals surface area contributed by atoms with Crippen LogP contribution >= 0.6 is 0 Å². The third kappa shape index (κ3) is 4.71. The van der Waals surface area contributed by atoms with E-state index in [-0.39, 0.29) is 23.4 Å². The van der Waals surface area contributed by atoms with Crippen LogP contribution in [0.15, 0.2) is 48.5 Å². The molecular formula is C21H21F3N2O2. The fourth-order valence-electron chi connectivity index (χ4n) is 3.27. The Balaban J connectivity index is 1.54. The van der Waals surface area contributed by atoms with Crippen molar-refractivity contribution in [3.05, 3.63) is 70.8 Å². The van der Waals surface area contributed by atoms with Gasteiger partial charge in [-0.1, -0.05) is 17.7 Å². The third-order valence-corrected chi connectivity index (χ3v) is 4.86. The van der Waals surface area contributed by atoms with Crippen LogP contribution in [-0.2, 0) is 6.18 Å². The molecule has 7 heteroatoms. The number of halogens is 3. The number of benzene rings is 2. The maximum atomic E-state index is 12.6. The van der Waals surface area contributed by atoms with Crippen molar-refractivity contribution in [1.29, 1.82) is 0 Å². The van der Waals surface area contributed by atoms with Gasteiger partial charge in [-0.05, 0) is 56.2 Å². The summed E-state index contributed by atoms with van der Waals surface area (Å²) in [7, 11) is 0. The molecule has 1 saturated heterocycles. The number of carbonyl (C=O) groups is 2. The predicted molar refractivity (Wildman–Crippen MR) is 99.0 cm³/mol. The lowest BCUT2D eigenvalue weighted by Crippen LogP contribution is -2.46. The van der Waals surface area contributed by atoms with Gasteiger partial charge in [-0.3, -0.25) is 9.59 Å². The van der Waals surface area contributed by atoms with E-state index in [1.54, 1.807) is 11.0 Å². The van der Waals surface area contributed by atoms with Crippen molar-refractivity contribution < 1.29 is 22.8 Å². The van der Waals surface area contributed by atoms with E-state index in [1.807, 2.05) is 25.1 Å². The van der Waals surface area contributed by atoms with Crippen molar-refractivity contribution >= 4 is 11.8 Å². The van der Waals surface area contributed by atoms with Crippen molar-refractivity contribution in [2.45, 2.75) is 32.0 Å². The highest BCUT2D eigenvalue weighted by Gasteiger charge is 2.31. The maximum Gasteiger partial charge on any atom is 0.416 e. The quantitative estimate of drug-likeness (QED) is 0.860. The van der Waals surface area contributed by atoms with E-state index in [0.717, 1.165) is 17.7 Å². The number of alkyl halides is 3. The highest BCUT2D eigenvalue weighted by atomic mass is 19.4. The number of likely N-dealkylation sites (tertiary alicyclic amines) is 1. The second-order valence-electron chi connectivity index (χ2n) is 6.98. The van der Waals surface area contributed by atoms with Crippen LogP contribution in [0, 0.1) is 6.92 Å². The molecule has 0 saturated carbocycles. The van der Waals surface area contributed by atoms with Crippen molar-refractivity contribution in [2.24, 2.45) is 0 Å². The van der Waals surface area contributed by atoms with Gasteiger partial charge in [0.1, 0.15) is 0 Å². The summed E-state index contributed by atoms with van der Waals surface area (Å²) in [4.78, 5) is 26.4. The van der Waals surface area contributed by atoms with Crippen LogP contribution in [0.25, 0.3) is 0 Å². The molecule has 0 unspecified atom stereocenters. The lowest BCUT2D eigenvalue weighted by Gasteiger charge is -2.32. The van der Waals surface area contributed by atoms with Gasteiger partial charge in [0.25, 0.3) is 11.8 Å². The minimum atomic E-state index is -4.42. The monoisotopic (exact) mass is 390 g/mol. The molecule has 0 aliphatic carbocycles. The molecule has 0 aromatic heterocycles. The number of amides is 2. The highest BCUT2D eigenvalue weighted by Crippen LogP contribution is 2.29. The second-order valence-corrected chi connectivity index (χ2v) is 6.98. The van der Waals surface area contributed by atoms with Gasteiger partial charge >= 0.3 is 6.18 Å². The lowest BCUT2D eigenvalue weighted by atomic mass is 10.0. The zero-order chi connectivity index (χ0) is 20.3. The molecule has 0 spiro atoms. The molecule has 0 bridgehead atoms. The summed E-state index contributed by atoms with van der Waals surface area (Å²) < 4.78 is 37.9. The molecule has 2 aromatic carbocycles. The Labute approximate surface area is 161 Å². The smallest absolute Gasteiger partial charge is 0.349 e. The van der Waals surface area contributed by atoms with Gasteiger partial charge in [0.2, 0.25) is 0 Å². The zero-order valence-corrected chi connectivity index (χ0v) is 15.4. The summed E-state index contributed by atoms with van der Waals surface area (Å²) in [6, 6.07) is 11.5. The maximum absolute atomic E-state index is 12.6. The molecule has 4 nitrogen and oxygen atoms in total. The Morgan fingerprint density at radius 2 is 1.64 bits per heavy atom. The largest absolute Gasteiger partial charge is 0.416 e. The number of nitrogens with one attached hydrogen (secondary N) is 1. The first-order valence-electron chi connectivity index (χ1n) is 9.08. The fraction of sp³-hybridized carbons (Fsp3) is 0.333. The summed E-state index contributed by atoms with van der Waals surface area (Å²) >= 11 is 0. The molecular weight excluding hydrogens is 369 g/mol. The Morgan fingerprint density at radius 3 is 2.21 bits per heavy atom. The number of nitrogens with zero attached hydrogens (tertiary/aromatic N) is 1. The number of hydrogen-bond donors (Lipinski definition) is 1. The van der Waals surface area contributed by atoms with Gasteiger partial charge in [-0.15, -0.1) is 0 Å². The van der Waals surface area contributed by atoms with E-state index in [9.17, 15) is 22.8 Å². The molecule has 3 rings (SSSR count). The molecule has 0 atom stereocenters. The Kier molecular flexibility index (Phi) is 5.72. The molecule has 1 aliphatic heterocycles. The van der Waals surface area contributed by atoms with Gasteiger partial charge in [-0.2, -0.15) is 13.2 Å². The van der Waals surface area contributed by atoms with Crippen molar-refractivity contribution in [1.82, 2.24) is 10.2 Å². The third-order valence-electron chi connectivity index (χ3n) is 4.86. The van der Waals surface area contributed by atoms with Crippen LogP contribution in [-0.4, -0.2) is 35.8 Å². The minimum Gasteiger partial charge on any atom is -0.349 e. The number of rotatable bonds is 3. The summed E-state index contributed by atoms with van der Waals surface area (Å²) in [5, 5.41) is 2.98. The Bertz CT molecular complexity index is 855. The number of piperidine rings is 1. The normalized spacial score (nSPS) is 15.4. The van der Waals surface area contributed by atoms with E-state index in [1.165, 1.54) is 12.1 Å². The predicted octanol–water partition coefficient (Wildman–Crippen LogP) is 4.05. The van der Waals surface area contributed by atoms with Crippen LogP contribution in [0.1, 0.15) is 44.7 Å². The summed E-state index contributed by atoms with van der Waals surface area (Å²) in [5.41, 5.74) is 1.06. The minimum absolute atomic E-state index is 0.0373. The number of carbonyl (C=O) groups excluding carboxylic acids is 2. The number of hydrogen-bond acceptors (Lipinski definition) is 2. The van der Waals surface area contributed by atoms with Crippen molar-refractivity contribution in [3.8, 4) is 0 Å². The summed E-state index contributed by atoms with van der Waals surface area (Å²) in [6.07, 6.45) is -3.22. The van der Waals surface area contributed by atoms with E-state index >= 15 is 0 Å². The van der Waals surface area contributed by atoms with E-state index in [0.29, 0.717) is 31.5 Å². The highest BCUT2D eigenvalue weighted by molar-refractivity contribution is 5.95. The van der Waals surface area contributed by atoms with Crippen molar-refractivity contribution in [3.63, 3.8) is 0 Å². The molecule has 2 amide bonds. The summed E-state index contributed by atoms with van der Waals surface area (Å²) in [5.74, 6) is -0.437. The fourth-order valence-corrected chi connectivity index (χ4v) is 3.27. The molecule has 1 fully saturated rings. The molecule has 28 heavy (non-hydrogen) atoms. The first-order valence-corrected chi connectivity index (χ1v) is 9.08.